The first-order valence-electron chi connectivity index (χ1n) is 7.91. The number of nitrogens with zero attached hydrogens (tertiary/aromatic N) is 2. The van der Waals surface area contributed by atoms with Crippen LogP contribution in [0.4, 0.5) is 5.69 Å². The van der Waals surface area contributed by atoms with Crippen molar-refractivity contribution in [3.05, 3.63) is 41.7 Å². The average Bonchev–Trinajstić information content (AvgIpc) is 3.05. The Morgan fingerprint density at radius 3 is 2.83 bits per heavy atom. The van der Waals surface area contributed by atoms with Crippen LogP contribution in [0.2, 0.25) is 5.02 Å². The minimum absolute atomic E-state index is 0.0434. The van der Waals surface area contributed by atoms with Crippen molar-refractivity contribution in [2.75, 3.05) is 11.9 Å². The molecule has 0 unspecified atom stereocenters. The Balaban J connectivity index is 1.49. The van der Waals surface area contributed by atoms with Crippen LogP contribution >= 0.6 is 11.6 Å². The van der Waals surface area contributed by atoms with Crippen molar-refractivity contribution in [3.8, 4) is 5.69 Å². The summed E-state index contributed by atoms with van der Waals surface area (Å²) in [6, 6.07) is 7.05. The van der Waals surface area contributed by atoms with E-state index in [1.165, 1.54) is 0 Å². The Bertz CT molecular complexity index is 745. The van der Waals surface area contributed by atoms with Gasteiger partial charge in [-0.25, -0.2) is 4.68 Å². The Labute approximate surface area is 145 Å². The fraction of sp³-hybridized carbons (Fsp3) is 0.353. The van der Waals surface area contributed by atoms with E-state index in [0.717, 1.165) is 12.1 Å². The molecule has 126 valence electrons. The molecule has 2 aromatic rings. The summed E-state index contributed by atoms with van der Waals surface area (Å²) in [5, 5.41) is 10.2. The van der Waals surface area contributed by atoms with Crippen LogP contribution in [0.5, 0.6) is 0 Å². The number of halogens is 1. The van der Waals surface area contributed by atoms with Crippen molar-refractivity contribution in [1.29, 1.82) is 0 Å². The molecule has 3 rings (SSSR count). The maximum absolute atomic E-state index is 11.9. The zero-order valence-corrected chi connectivity index (χ0v) is 14.1. The molecule has 1 aromatic heterocycles. The maximum atomic E-state index is 11.9. The van der Waals surface area contributed by atoms with Crippen LogP contribution in [0, 0.1) is 11.8 Å². The lowest BCUT2D eigenvalue weighted by Gasteiger charge is -2.09. The van der Waals surface area contributed by atoms with Crippen molar-refractivity contribution >= 4 is 29.1 Å². The van der Waals surface area contributed by atoms with Crippen molar-refractivity contribution < 1.29 is 9.59 Å². The van der Waals surface area contributed by atoms with Gasteiger partial charge in [-0.05, 0) is 36.6 Å². The minimum atomic E-state index is -0.165. The highest BCUT2D eigenvalue weighted by molar-refractivity contribution is 6.32. The third kappa shape index (κ3) is 3.94. The summed E-state index contributed by atoms with van der Waals surface area (Å²) >= 11 is 6.24. The molecule has 1 aromatic carbocycles. The summed E-state index contributed by atoms with van der Waals surface area (Å²) in [7, 11) is 0. The Morgan fingerprint density at radius 1 is 1.42 bits per heavy atom. The smallest absolute Gasteiger partial charge is 0.226 e. The lowest BCUT2D eigenvalue weighted by atomic mass is 10.2. The molecule has 24 heavy (non-hydrogen) atoms. The van der Waals surface area contributed by atoms with E-state index in [2.05, 4.69) is 15.7 Å². The molecule has 2 amide bonds. The van der Waals surface area contributed by atoms with Gasteiger partial charge in [-0.3, -0.25) is 9.59 Å². The molecule has 1 saturated carbocycles. The van der Waals surface area contributed by atoms with E-state index in [1.807, 2.05) is 13.0 Å². The van der Waals surface area contributed by atoms with Crippen molar-refractivity contribution in [2.24, 2.45) is 11.8 Å². The van der Waals surface area contributed by atoms with Gasteiger partial charge >= 0.3 is 0 Å². The molecule has 1 fully saturated rings. The number of hydrogen-bond acceptors (Lipinski definition) is 3. The van der Waals surface area contributed by atoms with E-state index < -0.39 is 0 Å². The molecule has 7 heteroatoms. The fourth-order valence-electron chi connectivity index (χ4n) is 2.52. The van der Waals surface area contributed by atoms with Gasteiger partial charge in [-0.1, -0.05) is 18.5 Å². The van der Waals surface area contributed by atoms with Crippen LogP contribution < -0.4 is 10.6 Å². The standard InChI is InChI=1S/C17H19ClN4O2/c1-11-9-13(11)17(24)19-7-5-16(23)21-12-3-4-15(14(18)10-12)22-8-2-6-20-22/h2-4,6,8,10-11,13H,5,7,9H2,1H3,(H,19,24)(H,21,23)/t11-,13+/m1/s1. The predicted octanol–water partition coefficient (Wildman–Crippen LogP) is 2.63. The molecule has 6 nitrogen and oxygen atoms in total. The van der Waals surface area contributed by atoms with Crippen LogP contribution in [-0.4, -0.2) is 28.1 Å². The first-order chi connectivity index (χ1) is 11.5. The third-order valence-corrected chi connectivity index (χ3v) is 4.38. The van der Waals surface area contributed by atoms with Gasteiger partial charge in [-0.2, -0.15) is 5.10 Å². The van der Waals surface area contributed by atoms with Crippen molar-refractivity contribution in [2.45, 2.75) is 19.8 Å². The highest BCUT2D eigenvalue weighted by Gasteiger charge is 2.38. The number of anilines is 1. The van der Waals surface area contributed by atoms with E-state index in [4.69, 9.17) is 11.6 Å². The molecule has 0 bridgehead atoms. The number of aromatic nitrogens is 2. The van der Waals surface area contributed by atoms with E-state index >= 15 is 0 Å². The van der Waals surface area contributed by atoms with Crippen LogP contribution in [0.1, 0.15) is 19.8 Å². The summed E-state index contributed by atoms with van der Waals surface area (Å²) in [6.45, 7) is 2.39. The molecule has 2 atom stereocenters. The third-order valence-electron chi connectivity index (χ3n) is 4.08. The highest BCUT2D eigenvalue weighted by Crippen LogP contribution is 2.37. The molecular weight excluding hydrogens is 328 g/mol. The van der Waals surface area contributed by atoms with Crippen molar-refractivity contribution in [1.82, 2.24) is 15.1 Å². The molecule has 1 aliphatic rings. The van der Waals surface area contributed by atoms with Crippen LogP contribution in [0.15, 0.2) is 36.7 Å². The molecule has 1 aliphatic carbocycles. The zero-order valence-electron chi connectivity index (χ0n) is 13.3. The second-order valence-electron chi connectivity index (χ2n) is 6.03. The first kappa shape index (κ1) is 16.5. The summed E-state index contributed by atoms with van der Waals surface area (Å²) in [5.74, 6) is 0.472. The lowest BCUT2D eigenvalue weighted by Crippen LogP contribution is -2.29. The maximum Gasteiger partial charge on any atom is 0.226 e. The molecule has 0 saturated heterocycles. The Hall–Kier alpha value is -2.34. The van der Waals surface area contributed by atoms with Gasteiger partial charge in [0.1, 0.15) is 0 Å². The number of carbonyl (C=O) groups is 2. The quantitative estimate of drug-likeness (QED) is 0.844. The number of carbonyl (C=O) groups excluding carboxylic acids is 2. The number of nitrogens with one attached hydrogen (secondary N) is 2. The van der Waals surface area contributed by atoms with Crippen LogP contribution in [-0.2, 0) is 9.59 Å². The second kappa shape index (κ2) is 7.05. The van der Waals surface area contributed by atoms with E-state index in [0.29, 0.717) is 23.2 Å². The second-order valence-corrected chi connectivity index (χ2v) is 6.43. The Kier molecular flexibility index (Phi) is 4.85. The number of benzene rings is 1. The minimum Gasteiger partial charge on any atom is -0.355 e. The molecule has 0 radical (unpaired) electrons. The molecule has 2 N–H and O–H groups in total. The number of rotatable bonds is 6. The average molecular weight is 347 g/mol. The number of hydrogen-bond donors (Lipinski definition) is 2. The van der Waals surface area contributed by atoms with Crippen LogP contribution in [0.3, 0.4) is 0 Å². The zero-order chi connectivity index (χ0) is 17.1. The van der Waals surface area contributed by atoms with Gasteiger partial charge in [-0.15, -0.1) is 0 Å². The van der Waals surface area contributed by atoms with E-state index in [-0.39, 0.29) is 24.2 Å². The van der Waals surface area contributed by atoms with Gasteiger partial charge < -0.3 is 10.6 Å². The Morgan fingerprint density at radius 2 is 2.21 bits per heavy atom. The van der Waals surface area contributed by atoms with Crippen LogP contribution in [0.25, 0.3) is 5.69 Å². The van der Waals surface area contributed by atoms with Crippen molar-refractivity contribution in [3.63, 3.8) is 0 Å². The van der Waals surface area contributed by atoms with E-state index in [1.54, 1.807) is 35.3 Å². The normalized spacial score (nSPS) is 18.9. The summed E-state index contributed by atoms with van der Waals surface area (Å²) in [4.78, 5) is 23.6. The van der Waals surface area contributed by atoms with E-state index in [9.17, 15) is 9.59 Å². The predicted molar refractivity (Wildman–Crippen MR) is 92.1 cm³/mol. The lowest BCUT2D eigenvalue weighted by molar-refractivity contribution is -0.122. The topological polar surface area (TPSA) is 76.0 Å². The highest BCUT2D eigenvalue weighted by atomic mass is 35.5. The first-order valence-corrected chi connectivity index (χ1v) is 8.29. The summed E-state index contributed by atoms with van der Waals surface area (Å²) < 4.78 is 1.66. The number of amides is 2. The summed E-state index contributed by atoms with van der Waals surface area (Å²) in [5.41, 5.74) is 1.36. The molecular formula is C17H19ClN4O2. The molecule has 0 aliphatic heterocycles. The molecule has 1 heterocycles. The van der Waals surface area contributed by atoms with Gasteiger partial charge in [0.25, 0.3) is 0 Å². The molecule has 0 spiro atoms. The van der Waals surface area contributed by atoms with Gasteiger partial charge in [0.05, 0.1) is 10.7 Å². The van der Waals surface area contributed by atoms with Gasteiger partial charge in [0.2, 0.25) is 11.8 Å². The summed E-state index contributed by atoms with van der Waals surface area (Å²) in [6.07, 6.45) is 4.63. The fourth-order valence-corrected chi connectivity index (χ4v) is 2.79. The van der Waals surface area contributed by atoms with Gasteiger partial charge in [0, 0.05) is 37.0 Å². The van der Waals surface area contributed by atoms with Gasteiger partial charge in [0.15, 0.2) is 0 Å². The SMILES string of the molecule is C[C@@H]1C[C@@H]1C(=O)NCCC(=O)Nc1ccc(-n2cccn2)c(Cl)c1. The monoisotopic (exact) mass is 346 g/mol. The largest absolute Gasteiger partial charge is 0.355 e.